The molecule has 2 saturated heterocycles. The number of anilines is 2. The Morgan fingerprint density at radius 2 is 1.74 bits per heavy atom. The van der Waals surface area contributed by atoms with Crippen LogP contribution >= 0.6 is 0 Å². The number of piperidine rings is 2. The van der Waals surface area contributed by atoms with Gasteiger partial charge in [0.25, 0.3) is 0 Å². The van der Waals surface area contributed by atoms with E-state index in [1.807, 2.05) is 4.90 Å². The summed E-state index contributed by atoms with van der Waals surface area (Å²) >= 11 is 0. The zero-order valence-electron chi connectivity index (χ0n) is 19.0. The SMILES string of the molecule is COc1cnc(N2CCC(N3CCCC(Nc4cc(F)c(S(C)(=O)=O)cc4F)C3=O)CC2)nc1. The Hall–Kier alpha value is -3.02. The third-order valence-corrected chi connectivity index (χ3v) is 7.37. The summed E-state index contributed by atoms with van der Waals surface area (Å²) in [7, 11) is -2.35. The van der Waals surface area contributed by atoms with Gasteiger partial charge in [0.15, 0.2) is 15.6 Å². The van der Waals surface area contributed by atoms with Crippen LogP contribution in [0.3, 0.4) is 0 Å². The van der Waals surface area contributed by atoms with Gasteiger partial charge in [0, 0.05) is 38.0 Å². The number of methoxy groups -OCH3 is 1. The van der Waals surface area contributed by atoms with Crippen LogP contribution in [0.1, 0.15) is 25.7 Å². The van der Waals surface area contributed by atoms with Crippen LogP contribution in [0.15, 0.2) is 29.4 Å². The van der Waals surface area contributed by atoms with Crippen molar-refractivity contribution >= 4 is 27.4 Å². The molecule has 34 heavy (non-hydrogen) atoms. The van der Waals surface area contributed by atoms with E-state index >= 15 is 0 Å². The number of aromatic nitrogens is 2. The lowest BCUT2D eigenvalue weighted by Crippen LogP contribution is -2.54. The van der Waals surface area contributed by atoms with Crippen molar-refractivity contribution in [2.75, 3.05) is 43.2 Å². The average Bonchev–Trinajstić information content (AvgIpc) is 2.82. The summed E-state index contributed by atoms with van der Waals surface area (Å²) in [5.74, 6) is -0.950. The van der Waals surface area contributed by atoms with E-state index in [1.165, 1.54) is 0 Å². The molecule has 1 aromatic heterocycles. The number of carbonyl (C=O) groups excluding carboxylic acids is 1. The molecule has 1 unspecified atom stereocenters. The lowest BCUT2D eigenvalue weighted by Gasteiger charge is -2.42. The molecule has 9 nitrogen and oxygen atoms in total. The Morgan fingerprint density at radius 1 is 1.06 bits per heavy atom. The van der Waals surface area contributed by atoms with Crippen LogP contribution in [0.25, 0.3) is 0 Å². The molecule has 0 saturated carbocycles. The number of hydrogen-bond acceptors (Lipinski definition) is 8. The van der Waals surface area contributed by atoms with E-state index in [4.69, 9.17) is 4.74 Å². The number of amides is 1. The van der Waals surface area contributed by atoms with Gasteiger partial charge in [0.2, 0.25) is 11.9 Å². The van der Waals surface area contributed by atoms with Crippen LogP contribution in [-0.2, 0) is 14.6 Å². The van der Waals surface area contributed by atoms with Gasteiger partial charge in [0.1, 0.15) is 22.6 Å². The standard InChI is InChI=1S/C22H27F2N5O4S/c1-33-15-12-25-22(26-13-15)28-8-5-14(6-9-28)29-7-3-4-18(21(29)30)27-19-10-17(24)20(11-16(19)23)34(2,31)32/h10-14,18,27H,3-9H2,1-2H3. The highest BCUT2D eigenvalue weighted by Crippen LogP contribution is 2.28. The predicted molar refractivity (Wildman–Crippen MR) is 122 cm³/mol. The molecule has 1 atom stereocenters. The van der Waals surface area contributed by atoms with E-state index < -0.39 is 32.4 Å². The Kier molecular flexibility index (Phi) is 6.87. The van der Waals surface area contributed by atoms with Crippen molar-refractivity contribution in [3.05, 3.63) is 36.2 Å². The van der Waals surface area contributed by atoms with Gasteiger partial charge in [-0.15, -0.1) is 0 Å². The van der Waals surface area contributed by atoms with Gasteiger partial charge in [-0.05, 0) is 31.7 Å². The molecule has 1 aromatic carbocycles. The lowest BCUT2D eigenvalue weighted by molar-refractivity contribution is -0.137. The zero-order chi connectivity index (χ0) is 24.5. The number of nitrogens with one attached hydrogen (secondary N) is 1. The maximum absolute atomic E-state index is 14.5. The molecule has 4 rings (SSSR count). The molecule has 1 amide bonds. The number of benzene rings is 1. The third kappa shape index (κ3) is 5.06. The van der Waals surface area contributed by atoms with Gasteiger partial charge in [-0.3, -0.25) is 4.79 Å². The smallest absolute Gasteiger partial charge is 0.245 e. The van der Waals surface area contributed by atoms with Gasteiger partial charge in [-0.25, -0.2) is 27.2 Å². The molecule has 3 heterocycles. The van der Waals surface area contributed by atoms with Crippen LogP contribution in [0.2, 0.25) is 0 Å². The monoisotopic (exact) mass is 495 g/mol. The summed E-state index contributed by atoms with van der Waals surface area (Å²) in [4.78, 5) is 25.0. The molecule has 2 aromatic rings. The van der Waals surface area contributed by atoms with Crippen molar-refractivity contribution in [2.24, 2.45) is 0 Å². The summed E-state index contributed by atoms with van der Waals surface area (Å²) in [5.41, 5.74) is -0.225. The first kappa shape index (κ1) is 24.1. The van der Waals surface area contributed by atoms with Crippen molar-refractivity contribution in [3.63, 3.8) is 0 Å². The van der Waals surface area contributed by atoms with E-state index in [1.54, 1.807) is 19.5 Å². The number of likely N-dealkylation sites (tertiary alicyclic amines) is 1. The first-order valence-corrected chi connectivity index (χ1v) is 12.9. The number of sulfone groups is 1. The number of carbonyl (C=O) groups is 1. The van der Waals surface area contributed by atoms with Crippen molar-refractivity contribution in [1.82, 2.24) is 14.9 Å². The van der Waals surface area contributed by atoms with E-state index in [-0.39, 0.29) is 17.6 Å². The first-order chi connectivity index (χ1) is 16.2. The third-order valence-electron chi connectivity index (χ3n) is 6.26. The van der Waals surface area contributed by atoms with Crippen LogP contribution in [0.4, 0.5) is 20.4 Å². The fourth-order valence-electron chi connectivity index (χ4n) is 4.46. The second kappa shape index (κ2) is 9.69. The molecule has 0 spiro atoms. The van der Waals surface area contributed by atoms with Crippen molar-refractivity contribution in [3.8, 4) is 5.75 Å². The maximum Gasteiger partial charge on any atom is 0.245 e. The molecular formula is C22H27F2N5O4S. The van der Waals surface area contributed by atoms with E-state index in [2.05, 4.69) is 20.2 Å². The summed E-state index contributed by atoms with van der Waals surface area (Å²) in [6.07, 6.45) is 6.71. The van der Waals surface area contributed by atoms with Crippen LogP contribution < -0.4 is 15.0 Å². The first-order valence-electron chi connectivity index (χ1n) is 11.0. The fraction of sp³-hybridized carbons (Fsp3) is 0.500. The average molecular weight is 496 g/mol. The highest BCUT2D eigenvalue weighted by Gasteiger charge is 2.35. The van der Waals surface area contributed by atoms with Crippen molar-refractivity contribution < 1.29 is 26.7 Å². The molecule has 2 aliphatic rings. The Labute approximate surface area is 197 Å². The minimum atomic E-state index is -3.91. The lowest BCUT2D eigenvalue weighted by atomic mass is 9.97. The molecule has 12 heteroatoms. The fourth-order valence-corrected chi connectivity index (χ4v) is 5.19. The highest BCUT2D eigenvalue weighted by atomic mass is 32.2. The number of nitrogens with zero attached hydrogens (tertiary/aromatic N) is 4. The topological polar surface area (TPSA) is 105 Å². The number of halogens is 2. The van der Waals surface area contributed by atoms with Crippen molar-refractivity contribution in [1.29, 1.82) is 0 Å². The second-order valence-corrected chi connectivity index (χ2v) is 10.5. The highest BCUT2D eigenvalue weighted by molar-refractivity contribution is 7.90. The van der Waals surface area contributed by atoms with Gasteiger partial charge >= 0.3 is 0 Å². The van der Waals surface area contributed by atoms with Crippen molar-refractivity contribution in [2.45, 2.75) is 42.7 Å². The van der Waals surface area contributed by atoms with Crippen LogP contribution in [0.5, 0.6) is 5.75 Å². The molecule has 2 aliphatic heterocycles. The minimum Gasteiger partial charge on any atom is -0.494 e. The summed E-state index contributed by atoms with van der Waals surface area (Å²) < 4.78 is 57.1. The molecule has 0 aliphatic carbocycles. The molecule has 0 radical (unpaired) electrons. The second-order valence-electron chi connectivity index (χ2n) is 8.55. The molecular weight excluding hydrogens is 468 g/mol. The van der Waals surface area contributed by atoms with E-state index in [0.717, 1.165) is 31.6 Å². The number of hydrogen-bond donors (Lipinski definition) is 1. The molecule has 0 bridgehead atoms. The van der Waals surface area contributed by atoms with E-state index in [0.29, 0.717) is 43.8 Å². The number of ether oxygens (including phenoxy) is 1. The molecule has 184 valence electrons. The largest absolute Gasteiger partial charge is 0.494 e. The predicted octanol–water partition coefficient (Wildman–Crippen LogP) is 2.24. The maximum atomic E-state index is 14.5. The summed E-state index contributed by atoms with van der Waals surface area (Å²) in [5, 5.41) is 2.79. The normalized spacial score (nSPS) is 19.9. The Morgan fingerprint density at radius 3 is 2.35 bits per heavy atom. The van der Waals surface area contributed by atoms with Crippen LogP contribution in [-0.4, -0.2) is 74.3 Å². The summed E-state index contributed by atoms with van der Waals surface area (Å²) in [6, 6.07) is 0.760. The van der Waals surface area contributed by atoms with Crippen LogP contribution in [0, 0.1) is 11.6 Å². The van der Waals surface area contributed by atoms with Gasteiger partial charge in [-0.1, -0.05) is 0 Å². The molecule has 2 fully saturated rings. The van der Waals surface area contributed by atoms with Gasteiger partial charge < -0.3 is 19.9 Å². The van der Waals surface area contributed by atoms with Gasteiger partial charge in [0.05, 0.1) is 25.2 Å². The number of rotatable bonds is 6. The van der Waals surface area contributed by atoms with E-state index in [9.17, 15) is 22.0 Å². The summed E-state index contributed by atoms with van der Waals surface area (Å²) in [6.45, 7) is 1.97. The Balaban J connectivity index is 1.40. The zero-order valence-corrected chi connectivity index (χ0v) is 19.8. The van der Waals surface area contributed by atoms with Gasteiger partial charge in [-0.2, -0.15) is 0 Å². The molecule has 1 N–H and O–H groups in total. The minimum absolute atomic E-state index is 0.0285. The quantitative estimate of drug-likeness (QED) is 0.651. The Bertz CT molecular complexity index is 1150.